The number of hydrogen-bond donors (Lipinski definition) is 2. The summed E-state index contributed by atoms with van der Waals surface area (Å²) in [6.07, 6.45) is 0.790. The molecule has 154 valence electrons. The Balaban J connectivity index is 0.00000392. The molecule has 0 aliphatic carbocycles. The highest BCUT2D eigenvalue weighted by atomic mass is 127. The van der Waals surface area contributed by atoms with E-state index < -0.39 is 0 Å². The largest absolute Gasteiger partial charge is 0.493 e. The molecule has 2 rings (SSSR count). The Morgan fingerprint density at radius 2 is 1.89 bits per heavy atom. The number of nitrogens with zero attached hydrogens (tertiary/aromatic N) is 1. The quantitative estimate of drug-likeness (QED) is 0.216. The Kier molecular flexibility index (Phi) is 11.7. The Morgan fingerprint density at radius 1 is 1.14 bits per heavy atom. The van der Waals surface area contributed by atoms with Crippen molar-refractivity contribution in [2.24, 2.45) is 10.7 Å². The molecule has 0 aliphatic heterocycles. The average Bonchev–Trinajstić information content (AvgIpc) is 2.69. The molecule has 28 heavy (non-hydrogen) atoms. The van der Waals surface area contributed by atoms with E-state index in [0.717, 1.165) is 17.7 Å². The average molecular weight is 519 g/mol. The lowest BCUT2D eigenvalue weighted by Gasteiger charge is -2.10. The van der Waals surface area contributed by atoms with Gasteiger partial charge >= 0.3 is 0 Å². The van der Waals surface area contributed by atoms with E-state index in [4.69, 9.17) is 15.2 Å². The Bertz CT molecular complexity index is 762. The van der Waals surface area contributed by atoms with Crippen LogP contribution in [-0.4, -0.2) is 39.0 Å². The van der Waals surface area contributed by atoms with Crippen molar-refractivity contribution in [1.29, 1.82) is 0 Å². The topological polar surface area (TPSA) is 68.9 Å². The van der Waals surface area contributed by atoms with Gasteiger partial charge in [0.2, 0.25) is 0 Å². The lowest BCUT2D eigenvalue weighted by Crippen LogP contribution is -2.33. The van der Waals surface area contributed by atoms with Gasteiger partial charge in [0.15, 0.2) is 17.5 Å². The fraction of sp³-hybridized carbons (Fsp3) is 0.350. The van der Waals surface area contributed by atoms with E-state index in [1.54, 1.807) is 38.1 Å². The van der Waals surface area contributed by atoms with E-state index in [1.807, 2.05) is 24.3 Å². The van der Waals surface area contributed by atoms with Crippen molar-refractivity contribution < 1.29 is 13.9 Å². The highest BCUT2D eigenvalue weighted by Gasteiger charge is 2.04. The van der Waals surface area contributed by atoms with E-state index in [0.29, 0.717) is 41.9 Å². The first kappa shape index (κ1) is 24.4. The monoisotopic (exact) mass is 519 g/mol. The number of nitrogens with two attached hydrogens (primary N) is 1. The number of hydrogen-bond acceptors (Lipinski definition) is 4. The SMILES string of the molecule is COc1ccc(CCNC(N)=NCCSCc2ccccc2F)cc1OC.I. The summed E-state index contributed by atoms with van der Waals surface area (Å²) in [6.45, 7) is 1.27. The standard InChI is InChI=1S/C20H26FN3O2S.HI/c1-25-18-8-7-15(13-19(18)26-2)9-10-23-20(22)24-11-12-27-14-16-5-3-4-6-17(16)21;/h3-8,13H,9-12,14H2,1-2H3,(H3,22,23,24);1H. The fourth-order valence-corrected chi connectivity index (χ4v) is 3.27. The van der Waals surface area contributed by atoms with Crippen LogP contribution >= 0.6 is 35.7 Å². The van der Waals surface area contributed by atoms with Gasteiger partial charge in [-0.3, -0.25) is 4.99 Å². The second-order valence-corrected chi connectivity index (χ2v) is 6.88. The van der Waals surface area contributed by atoms with Crippen molar-refractivity contribution >= 4 is 41.7 Å². The molecule has 0 aromatic heterocycles. The maximum absolute atomic E-state index is 13.5. The fourth-order valence-electron chi connectivity index (χ4n) is 2.46. The van der Waals surface area contributed by atoms with Gasteiger partial charge in [-0.2, -0.15) is 11.8 Å². The van der Waals surface area contributed by atoms with Crippen LogP contribution in [0.2, 0.25) is 0 Å². The van der Waals surface area contributed by atoms with Gasteiger partial charge in [0, 0.05) is 18.1 Å². The van der Waals surface area contributed by atoms with Gasteiger partial charge < -0.3 is 20.5 Å². The number of nitrogens with one attached hydrogen (secondary N) is 1. The molecule has 0 saturated heterocycles. The molecule has 8 heteroatoms. The maximum Gasteiger partial charge on any atom is 0.188 e. The van der Waals surface area contributed by atoms with Gasteiger partial charge in [0.05, 0.1) is 20.8 Å². The van der Waals surface area contributed by atoms with Gasteiger partial charge in [-0.05, 0) is 35.7 Å². The molecule has 3 N–H and O–H groups in total. The molecule has 0 spiro atoms. The third kappa shape index (κ3) is 8.14. The summed E-state index contributed by atoms with van der Waals surface area (Å²) in [6, 6.07) is 12.7. The molecule has 2 aromatic carbocycles. The Hall–Kier alpha value is -1.68. The molecule has 0 aliphatic rings. The molecule has 5 nitrogen and oxygen atoms in total. The number of methoxy groups -OCH3 is 2. The van der Waals surface area contributed by atoms with E-state index >= 15 is 0 Å². The minimum absolute atomic E-state index is 0. The molecule has 0 fully saturated rings. The van der Waals surface area contributed by atoms with E-state index in [9.17, 15) is 4.39 Å². The summed E-state index contributed by atoms with van der Waals surface area (Å²) < 4.78 is 24.0. The number of benzene rings is 2. The van der Waals surface area contributed by atoms with Crippen molar-refractivity contribution in [2.45, 2.75) is 12.2 Å². The van der Waals surface area contributed by atoms with Crippen LogP contribution in [-0.2, 0) is 12.2 Å². The van der Waals surface area contributed by atoms with Crippen LogP contribution in [0.5, 0.6) is 11.5 Å². The number of rotatable bonds is 10. The van der Waals surface area contributed by atoms with Crippen molar-refractivity contribution in [2.75, 3.05) is 33.1 Å². The number of ether oxygens (including phenoxy) is 2. The van der Waals surface area contributed by atoms with E-state index in [-0.39, 0.29) is 29.8 Å². The summed E-state index contributed by atoms with van der Waals surface area (Å²) in [5, 5.41) is 3.10. The molecule has 0 amide bonds. The van der Waals surface area contributed by atoms with Crippen LogP contribution in [0.3, 0.4) is 0 Å². The molecule has 0 unspecified atom stereocenters. The molecule has 0 saturated carbocycles. The van der Waals surface area contributed by atoms with Crippen LogP contribution in [0.15, 0.2) is 47.5 Å². The van der Waals surface area contributed by atoms with Gasteiger partial charge in [0.25, 0.3) is 0 Å². The molecule has 0 bridgehead atoms. The summed E-state index contributed by atoms with van der Waals surface area (Å²) in [5.41, 5.74) is 7.72. The molecule has 0 atom stereocenters. The van der Waals surface area contributed by atoms with Crippen molar-refractivity contribution in [1.82, 2.24) is 5.32 Å². The molecule has 2 aromatic rings. The van der Waals surface area contributed by atoms with Crippen LogP contribution < -0.4 is 20.5 Å². The Morgan fingerprint density at radius 3 is 2.61 bits per heavy atom. The second-order valence-electron chi connectivity index (χ2n) is 5.78. The predicted molar refractivity (Wildman–Crippen MR) is 126 cm³/mol. The third-order valence-electron chi connectivity index (χ3n) is 3.90. The van der Waals surface area contributed by atoms with Crippen LogP contribution in [0.25, 0.3) is 0 Å². The molecular weight excluding hydrogens is 492 g/mol. The highest BCUT2D eigenvalue weighted by molar-refractivity contribution is 14.0. The Labute approximate surface area is 187 Å². The van der Waals surface area contributed by atoms with Crippen molar-refractivity contribution in [3.63, 3.8) is 0 Å². The van der Waals surface area contributed by atoms with Crippen LogP contribution in [0, 0.1) is 5.82 Å². The third-order valence-corrected chi connectivity index (χ3v) is 4.89. The first-order valence-electron chi connectivity index (χ1n) is 8.70. The second kappa shape index (κ2) is 13.5. The van der Waals surface area contributed by atoms with Gasteiger partial charge in [0.1, 0.15) is 5.82 Å². The smallest absolute Gasteiger partial charge is 0.188 e. The van der Waals surface area contributed by atoms with Gasteiger partial charge in [-0.25, -0.2) is 4.39 Å². The van der Waals surface area contributed by atoms with Gasteiger partial charge in [-0.1, -0.05) is 24.3 Å². The number of aliphatic imine (C=N–C) groups is 1. The van der Waals surface area contributed by atoms with Crippen molar-refractivity contribution in [3.05, 3.63) is 59.4 Å². The predicted octanol–water partition coefficient (Wildman–Crippen LogP) is 3.84. The van der Waals surface area contributed by atoms with Crippen LogP contribution in [0.1, 0.15) is 11.1 Å². The van der Waals surface area contributed by atoms with E-state index in [2.05, 4.69) is 10.3 Å². The summed E-state index contributed by atoms with van der Waals surface area (Å²) in [7, 11) is 3.24. The number of halogens is 2. The summed E-state index contributed by atoms with van der Waals surface area (Å²) in [5.74, 6) is 3.10. The van der Waals surface area contributed by atoms with Gasteiger partial charge in [-0.15, -0.1) is 24.0 Å². The summed E-state index contributed by atoms with van der Waals surface area (Å²) >= 11 is 1.63. The number of guanidine groups is 1. The lowest BCUT2D eigenvalue weighted by molar-refractivity contribution is 0.354. The molecular formula is C20H27FIN3O2S. The first-order chi connectivity index (χ1) is 13.1. The zero-order chi connectivity index (χ0) is 19.5. The van der Waals surface area contributed by atoms with Crippen LogP contribution in [0.4, 0.5) is 4.39 Å². The zero-order valence-corrected chi connectivity index (χ0v) is 19.3. The van der Waals surface area contributed by atoms with Crippen molar-refractivity contribution in [3.8, 4) is 11.5 Å². The molecule has 0 heterocycles. The summed E-state index contributed by atoms with van der Waals surface area (Å²) in [4.78, 5) is 4.29. The minimum Gasteiger partial charge on any atom is -0.493 e. The maximum atomic E-state index is 13.5. The molecule has 0 radical (unpaired) electrons. The minimum atomic E-state index is -0.162. The lowest BCUT2D eigenvalue weighted by atomic mass is 10.1. The highest BCUT2D eigenvalue weighted by Crippen LogP contribution is 2.27. The zero-order valence-electron chi connectivity index (χ0n) is 16.1. The normalized spacial score (nSPS) is 10.9. The number of thioether (sulfide) groups is 1. The first-order valence-corrected chi connectivity index (χ1v) is 9.85. The van der Waals surface area contributed by atoms with E-state index in [1.165, 1.54) is 6.07 Å².